The molecule has 0 bridgehead atoms. The lowest BCUT2D eigenvalue weighted by molar-refractivity contribution is -0.125. The van der Waals surface area contributed by atoms with E-state index in [1.807, 2.05) is 6.92 Å². The van der Waals surface area contributed by atoms with Gasteiger partial charge in [-0.3, -0.25) is 9.69 Å². The van der Waals surface area contributed by atoms with Crippen LogP contribution in [0.3, 0.4) is 0 Å². The third-order valence-corrected chi connectivity index (χ3v) is 4.70. The molecule has 3 rings (SSSR count). The molecule has 0 spiro atoms. The lowest BCUT2D eigenvalue weighted by Crippen LogP contribution is -2.54. The minimum Gasteiger partial charge on any atom is -0.354 e. The molecule has 6 nitrogen and oxygen atoms in total. The number of hydrogen-bond donors (Lipinski definition) is 1. The highest BCUT2D eigenvalue weighted by atomic mass is 19.1. The smallest absolute Gasteiger partial charge is 0.237 e. The number of carbonyl (C=O) groups is 1. The molecule has 2 aromatic rings. The van der Waals surface area contributed by atoms with E-state index in [1.165, 1.54) is 12.1 Å². The quantitative estimate of drug-likeness (QED) is 0.849. The lowest BCUT2D eigenvalue weighted by atomic mass is 10.1. The number of amides is 1. The normalized spacial score (nSPS) is 16.3. The molecule has 1 aromatic carbocycles. The van der Waals surface area contributed by atoms with Gasteiger partial charge in [-0.05, 0) is 37.1 Å². The topological polar surface area (TPSA) is 61.4 Å². The van der Waals surface area contributed by atoms with Gasteiger partial charge in [-0.1, -0.05) is 12.1 Å². The van der Waals surface area contributed by atoms with Crippen LogP contribution in [0.1, 0.15) is 12.5 Å². The van der Waals surface area contributed by atoms with Crippen LogP contribution in [-0.2, 0) is 11.2 Å². The molecule has 138 valence electrons. The van der Waals surface area contributed by atoms with E-state index >= 15 is 0 Å². The summed E-state index contributed by atoms with van der Waals surface area (Å²) in [5.41, 5.74) is 1.01. The molecular formula is C19H24FN5O. The van der Waals surface area contributed by atoms with Gasteiger partial charge < -0.3 is 10.2 Å². The molecule has 0 aliphatic carbocycles. The Labute approximate surface area is 153 Å². The number of aromatic nitrogens is 2. The van der Waals surface area contributed by atoms with Crippen molar-refractivity contribution in [3.05, 3.63) is 54.1 Å². The summed E-state index contributed by atoms with van der Waals surface area (Å²) in [6.07, 6.45) is 4.18. The van der Waals surface area contributed by atoms with Crippen molar-refractivity contribution in [1.29, 1.82) is 0 Å². The van der Waals surface area contributed by atoms with Gasteiger partial charge in [-0.25, -0.2) is 14.4 Å². The first-order chi connectivity index (χ1) is 12.6. The molecule has 1 atom stereocenters. The average molecular weight is 357 g/mol. The monoisotopic (exact) mass is 357 g/mol. The van der Waals surface area contributed by atoms with E-state index in [9.17, 15) is 9.18 Å². The summed E-state index contributed by atoms with van der Waals surface area (Å²) in [6, 6.07) is 8.00. The first-order valence-corrected chi connectivity index (χ1v) is 8.91. The van der Waals surface area contributed by atoms with E-state index in [0.717, 1.165) is 37.7 Å². The molecular weight excluding hydrogens is 333 g/mol. The fourth-order valence-electron chi connectivity index (χ4n) is 3.06. The number of benzene rings is 1. The van der Waals surface area contributed by atoms with Crippen LogP contribution in [0.15, 0.2) is 42.7 Å². The van der Waals surface area contributed by atoms with Crippen LogP contribution in [0.4, 0.5) is 10.3 Å². The molecule has 0 saturated carbocycles. The maximum Gasteiger partial charge on any atom is 0.237 e. The standard InChI is InChI=1S/C19H24FN5O/c1-15(18(26)21-10-7-16-3-5-17(20)6-4-16)24-11-13-25(14-12-24)19-22-8-2-9-23-19/h2-6,8-9,15H,7,10-14H2,1H3,(H,21,26)/t15-/m0/s1. The van der Waals surface area contributed by atoms with Gasteiger partial charge >= 0.3 is 0 Å². The van der Waals surface area contributed by atoms with E-state index in [4.69, 9.17) is 0 Å². The number of anilines is 1. The zero-order chi connectivity index (χ0) is 18.4. The summed E-state index contributed by atoms with van der Waals surface area (Å²) in [7, 11) is 0. The van der Waals surface area contributed by atoms with Gasteiger partial charge in [0.05, 0.1) is 6.04 Å². The van der Waals surface area contributed by atoms with Crippen molar-refractivity contribution < 1.29 is 9.18 Å². The fraction of sp³-hybridized carbons (Fsp3) is 0.421. The van der Waals surface area contributed by atoms with Crippen molar-refractivity contribution in [3.8, 4) is 0 Å². The number of nitrogens with one attached hydrogen (secondary N) is 1. The molecule has 1 aliphatic rings. The molecule has 7 heteroatoms. The Balaban J connectivity index is 1.42. The molecule has 1 aromatic heterocycles. The van der Waals surface area contributed by atoms with Crippen LogP contribution < -0.4 is 10.2 Å². The van der Waals surface area contributed by atoms with Crippen LogP contribution >= 0.6 is 0 Å². The number of carbonyl (C=O) groups excluding carboxylic acids is 1. The summed E-state index contributed by atoms with van der Waals surface area (Å²) in [5.74, 6) is 0.520. The maximum atomic E-state index is 12.9. The lowest BCUT2D eigenvalue weighted by Gasteiger charge is -2.37. The van der Waals surface area contributed by atoms with Gasteiger partial charge in [0.25, 0.3) is 0 Å². The molecule has 1 N–H and O–H groups in total. The van der Waals surface area contributed by atoms with E-state index in [0.29, 0.717) is 13.0 Å². The van der Waals surface area contributed by atoms with E-state index in [1.54, 1.807) is 30.6 Å². The highest BCUT2D eigenvalue weighted by Crippen LogP contribution is 2.12. The Morgan fingerprint density at radius 3 is 2.46 bits per heavy atom. The first-order valence-electron chi connectivity index (χ1n) is 8.91. The second-order valence-electron chi connectivity index (χ2n) is 6.42. The zero-order valence-corrected chi connectivity index (χ0v) is 14.9. The van der Waals surface area contributed by atoms with Crippen molar-refractivity contribution in [3.63, 3.8) is 0 Å². The Morgan fingerprint density at radius 2 is 1.81 bits per heavy atom. The van der Waals surface area contributed by atoms with Crippen molar-refractivity contribution in [2.75, 3.05) is 37.6 Å². The SMILES string of the molecule is C[C@@H](C(=O)NCCc1ccc(F)cc1)N1CCN(c2ncccn2)CC1. The van der Waals surface area contributed by atoms with Crippen LogP contribution in [-0.4, -0.2) is 59.5 Å². The minimum atomic E-state index is -0.244. The fourth-order valence-corrected chi connectivity index (χ4v) is 3.06. The molecule has 0 radical (unpaired) electrons. The van der Waals surface area contributed by atoms with E-state index in [-0.39, 0.29) is 17.8 Å². The Hall–Kier alpha value is -2.54. The maximum absolute atomic E-state index is 12.9. The predicted molar refractivity (Wildman–Crippen MR) is 98.4 cm³/mol. The molecule has 26 heavy (non-hydrogen) atoms. The zero-order valence-electron chi connectivity index (χ0n) is 14.9. The summed E-state index contributed by atoms with van der Waals surface area (Å²) >= 11 is 0. The Bertz CT molecular complexity index is 702. The van der Waals surface area contributed by atoms with Gasteiger partial charge in [-0.15, -0.1) is 0 Å². The summed E-state index contributed by atoms with van der Waals surface area (Å²) < 4.78 is 12.9. The van der Waals surface area contributed by atoms with Gasteiger partial charge in [0.15, 0.2) is 0 Å². The van der Waals surface area contributed by atoms with Crippen molar-refractivity contribution in [2.24, 2.45) is 0 Å². The van der Waals surface area contributed by atoms with Gasteiger partial charge in [0, 0.05) is 45.1 Å². The number of nitrogens with zero attached hydrogens (tertiary/aromatic N) is 4. The molecule has 1 fully saturated rings. The second kappa shape index (κ2) is 8.71. The summed E-state index contributed by atoms with van der Waals surface area (Å²) in [6.45, 7) is 5.68. The van der Waals surface area contributed by atoms with Gasteiger partial charge in [0.2, 0.25) is 11.9 Å². The van der Waals surface area contributed by atoms with E-state index < -0.39 is 0 Å². The number of hydrogen-bond acceptors (Lipinski definition) is 5. The predicted octanol–water partition coefficient (Wildman–Crippen LogP) is 1.49. The number of halogens is 1. The van der Waals surface area contributed by atoms with Crippen LogP contribution in [0, 0.1) is 5.82 Å². The van der Waals surface area contributed by atoms with Crippen molar-refractivity contribution in [1.82, 2.24) is 20.2 Å². The molecule has 0 unspecified atom stereocenters. The van der Waals surface area contributed by atoms with E-state index in [2.05, 4.69) is 25.1 Å². The third-order valence-electron chi connectivity index (χ3n) is 4.70. The molecule has 1 amide bonds. The Kier molecular flexibility index (Phi) is 6.12. The number of piperazine rings is 1. The third kappa shape index (κ3) is 4.76. The summed E-state index contributed by atoms with van der Waals surface area (Å²) in [4.78, 5) is 25.2. The molecule has 2 heterocycles. The van der Waals surface area contributed by atoms with Crippen molar-refractivity contribution in [2.45, 2.75) is 19.4 Å². The highest BCUT2D eigenvalue weighted by molar-refractivity contribution is 5.81. The van der Waals surface area contributed by atoms with Gasteiger partial charge in [0.1, 0.15) is 5.82 Å². The highest BCUT2D eigenvalue weighted by Gasteiger charge is 2.26. The Morgan fingerprint density at radius 1 is 1.15 bits per heavy atom. The van der Waals surface area contributed by atoms with Crippen LogP contribution in [0.5, 0.6) is 0 Å². The summed E-state index contributed by atoms with van der Waals surface area (Å²) in [5, 5.41) is 2.97. The molecule has 1 saturated heterocycles. The first kappa shape index (κ1) is 18.3. The average Bonchev–Trinajstić information content (AvgIpc) is 2.69. The minimum absolute atomic E-state index is 0.0246. The second-order valence-corrected chi connectivity index (χ2v) is 6.42. The number of rotatable bonds is 6. The molecule has 1 aliphatic heterocycles. The van der Waals surface area contributed by atoms with Crippen LogP contribution in [0.25, 0.3) is 0 Å². The van der Waals surface area contributed by atoms with Crippen LogP contribution in [0.2, 0.25) is 0 Å². The van der Waals surface area contributed by atoms with Gasteiger partial charge in [-0.2, -0.15) is 0 Å². The largest absolute Gasteiger partial charge is 0.354 e. The van der Waals surface area contributed by atoms with Crippen molar-refractivity contribution >= 4 is 11.9 Å².